The first-order valence-corrected chi connectivity index (χ1v) is 4.14. The van der Waals surface area contributed by atoms with Gasteiger partial charge in [-0.15, -0.1) is 6.42 Å². The van der Waals surface area contributed by atoms with E-state index in [0.717, 1.165) is 0 Å². The summed E-state index contributed by atoms with van der Waals surface area (Å²) in [4.78, 5) is 0. The molecule has 0 saturated carbocycles. The molecular formula is C11H12O3. The average Bonchev–Trinajstić information content (AvgIpc) is 2.26. The van der Waals surface area contributed by atoms with Gasteiger partial charge in [0.1, 0.15) is 11.9 Å². The minimum absolute atomic E-state index is 0.205. The van der Waals surface area contributed by atoms with Crippen LogP contribution in [-0.4, -0.2) is 19.0 Å². The van der Waals surface area contributed by atoms with Crippen molar-refractivity contribution in [1.29, 1.82) is 0 Å². The summed E-state index contributed by atoms with van der Waals surface area (Å²) in [5, 5.41) is 9.29. The maximum atomic E-state index is 9.29. The van der Waals surface area contributed by atoms with Gasteiger partial charge in [0.25, 0.3) is 0 Å². The van der Waals surface area contributed by atoms with Gasteiger partial charge in [0.15, 0.2) is 6.79 Å². The fraction of sp³-hybridized carbons (Fsp3) is 0.273. The normalized spacial score (nSPS) is 11.8. The first-order valence-electron chi connectivity index (χ1n) is 4.14. The van der Waals surface area contributed by atoms with Gasteiger partial charge in [-0.2, -0.15) is 0 Å². The number of aliphatic hydroxyl groups is 1. The van der Waals surface area contributed by atoms with E-state index in [1.807, 2.05) is 0 Å². The molecule has 1 aromatic rings. The predicted molar refractivity (Wildman–Crippen MR) is 52.7 cm³/mol. The number of terminal acetylenes is 1. The first-order chi connectivity index (χ1) is 6.77. The molecule has 14 heavy (non-hydrogen) atoms. The van der Waals surface area contributed by atoms with Crippen LogP contribution < -0.4 is 4.74 Å². The minimum atomic E-state index is -0.855. The lowest BCUT2D eigenvalue weighted by Crippen LogP contribution is -1.99. The van der Waals surface area contributed by atoms with E-state index in [1.54, 1.807) is 31.4 Å². The molecule has 1 N–H and O–H groups in total. The third-order valence-corrected chi connectivity index (χ3v) is 1.70. The van der Waals surface area contributed by atoms with Gasteiger partial charge in [-0.25, -0.2) is 0 Å². The van der Waals surface area contributed by atoms with Gasteiger partial charge in [-0.3, -0.25) is 0 Å². The lowest BCUT2D eigenvalue weighted by atomic mass is 10.1. The average molecular weight is 192 g/mol. The molecule has 3 nitrogen and oxygen atoms in total. The summed E-state index contributed by atoms with van der Waals surface area (Å²) in [6.07, 6.45) is 4.22. The van der Waals surface area contributed by atoms with Crippen molar-refractivity contribution < 1.29 is 14.6 Å². The molecule has 0 heterocycles. The van der Waals surface area contributed by atoms with Crippen molar-refractivity contribution >= 4 is 0 Å². The molecule has 1 atom stereocenters. The third-order valence-electron chi connectivity index (χ3n) is 1.70. The van der Waals surface area contributed by atoms with Crippen LogP contribution in [0.5, 0.6) is 5.75 Å². The molecule has 0 spiro atoms. The van der Waals surface area contributed by atoms with Crippen LogP contribution in [0.2, 0.25) is 0 Å². The Kier molecular flexibility index (Phi) is 3.99. The second-order valence-corrected chi connectivity index (χ2v) is 2.69. The molecular weight excluding hydrogens is 180 g/mol. The molecule has 0 aliphatic rings. The fourth-order valence-electron chi connectivity index (χ4n) is 0.970. The summed E-state index contributed by atoms with van der Waals surface area (Å²) in [5.74, 6) is 2.91. The highest BCUT2D eigenvalue weighted by molar-refractivity contribution is 5.31. The molecule has 1 rings (SSSR count). The van der Waals surface area contributed by atoms with E-state index in [2.05, 4.69) is 5.92 Å². The van der Waals surface area contributed by atoms with Crippen LogP contribution in [0.25, 0.3) is 0 Å². The quantitative estimate of drug-likeness (QED) is 0.578. The SMILES string of the molecule is C#CC(O)c1ccc(OCOC)cc1. The van der Waals surface area contributed by atoms with Gasteiger partial charge in [0.05, 0.1) is 0 Å². The highest BCUT2D eigenvalue weighted by Gasteiger charge is 2.02. The molecule has 0 aliphatic heterocycles. The Morgan fingerprint density at radius 3 is 2.57 bits per heavy atom. The van der Waals surface area contributed by atoms with Crippen LogP contribution in [-0.2, 0) is 4.74 Å². The summed E-state index contributed by atoms with van der Waals surface area (Å²) in [6, 6.07) is 6.90. The van der Waals surface area contributed by atoms with Crippen molar-refractivity contribution in [1.82, 2.24) is 0 Å². The smallest absolute Gasteiger partial charge is 0.188 e. The predicted octanol–water partition coefficient (Wildman–Crippen LogP) is 1.34. The van der Waals surface area contributed by atoms with E-state index in [-0.39, 0.29) is 6.79 Å². The zero-order valence-corrected chi connectivity index (χ0v) is 7.93. The fourth-order valence-corrected chi connectivity index (χ4v) is 0.970. The van der Waals surface area contributed by atoms with Gasteiger partial charge in [-0.05, 0) is 17.7 Å². The molecule has 0 aliphatic carbocycles. The molecule has 0 fully saturated rings. The highest BCUT2D eigenvalue weighted by Crippen LogP contribution is 2.16. The van der Waals surface area contributed by atoms with E-state index in [9.17, 15) is 5.11 Å². The van der Waals surface area contributed by atoms with Gasteiger partial charge >= 0.3 is 0 Å². The van der Waals surface area contributed by atoms with Gasteiger partial charge in [0.2, 0.25) is 0 Å². The summed E-state index contributed by atoms with van der Waals surface area (Å²) < 4.78 is 9.91. The van der Waals surface area contributed by atoms with E-state index < -0.39 is 6.10 Å². The summed E-state index contributed by atoms with van der Waals surface area (Å²) in [7, 11) is 1.55. The van der Waals surface area contributed by atoms with E-state index in [0.29, 0.717) is 11.3 Å². The van der Waals surface area contributed by atoms with E-state index >= 15 is 0 Å². The van der Waals surface area contributed by atoms with Crippen molar-refractivity contribution in [2.45, 2.75) is 6.10 Å². The largest absolute Gasteiger partial charge is 0.468 e. The molecule has 0 aromatic heterocycles. The summed E-state index contributed by atoms with van der Waals surface area (Å²) in [5.41, 5.74) is 0.678. The lowest BCUT2D eigenvalue weighted by molar-refractivity contribution is 0.0511. The number of benzene rings is 1. The van der Waals surface area contributed by atoms with Crippen LogP contribution in [0.1, 0.15) is 11.7 Å². The van der Waals surface area contributed by atoms with Crippen LogP contribution in [0, 0.1) is 12.3 Å². The highest BCUT2D eigenvalue weighted by atomic mass is 16.7. The Morgan fingerprint density at radius 2 is 2.07 bits per heavy atom. The molecule has 1 aromatic carbocycles. The van der Waals surface area contributed by atoms with Crippen LogP contribution in [0.4, 0.5) is 0 Å². The van der Waals surface area contributed by atoms with Gasteiger partial charge in [0, 0.05) is 7.11 Å². The molecule has 74 valence electrons. The van der Waals surface area contributed by atoms with Crippen LogP contribution in [0.3, 0.4) is 0 Å². The Balaban J connectivity index is 2.65. The Labute approximate surface area is 83.3 Å². The molecule has 0 saturated heterocycles. The topological polar surface area (TPSA) is 38.7 Å². The van der Waals surface area contributed by atoms with Gasteiger partial charge < -0.3 is 14.6 Å². The molecule has 0 amide bonds. The number of aliphatic hydroxyl groups excluding tert-OH is 1. The van der Waals surface area contributed by atoms with Crippen molar-refractivity contribution in [3.05, 3.63) is 29.8 Å². The molecule has 1 unspecified atom stereocenters. The van der Waals surface area contributed by atoms with Crippen LogP contribution >= 0.6 is 0 Å². The van der Waals surface area contributed by atoms with Gasteiger partial charge in [-0.1, -0.05) is 18.1 Å². The standard InChI is InChI=1S/C11H12O3/c1-3-11(12)9-4-6-10(7-5-9)14-8-13-2/h1,4-7,11-12H,8H2,2H3. The number of methoxy groups -OCH3 is 1. The number of hydrogen-bond donors (Lipinski definition) is 1. The van der Waals surface area contributed by atoms with Crippen LogP contribution in [0.15, 0.2) is 24.3 Å². The van der Waals surface area contributed by atoms with E-state index in [4.69, 9.17) is 15.9 Å². The summed E-state index contributed by atoms with van der Waals surface area (Å²) >= 11 is 0. The molecule has 3 heteroatoms. The number of ether oxygens (including phenoxy) is 2. The molecule has 0 bridgehead atoms. The van der Waals surface area contributed by atoms with Crippen molar-refractivity contribution in [3.63, 3.8) is 0 Å². The lowest BCUT2D eigenvalue weighted by Gasteiger charge is -2.06. The van der Waals surface area contributed by atoms with Crippen molar-refractivity contribution in [2.24, 2.45) is 0 Å². The van der Waals surface area contributed by atoms with E-state index in [1.165, 1.54) is 0 Å². The zero-order valence-electron chi connectivity index (χ0n) is 7.93. The Bertz CT molecular complexity index is 310. The minimum Gasteiger partial charge on any atom is -0.468 e. The first kappa shape index (κ1) is 10.6. The monoisotopic (exact) mass is 192 g/mol. The van der Waals surface area contributed by atoms with Crippen molar-refractivity contribution in [2.75, 3.05) is 13.9 Å². The summed E-state index contributed by atoms with van der Waals surface area (Å²) in [6.45, 7) is 0.205. The Morgan fingerprint density at radius 1 is 1.43 bits per heavy atom. The number of rotatable bonds is 4. The second-order valence-electron chi connectivity index (χ2n) is 2.69. The van der Waals surface area contributed by atoms with Crippen molar-refractivity contribution in [3.8, 4) is 18.1 Å². The number of hydrogen-bond acceptors (Lipinski definition) is 3. The maximum Gasteiger partial charge on any atom is 0.188 e. The maximum absolute atomic E-state index is 9.29. The Hall–Kier alpha value is -1.50. The second kappa shape index (κ2) is 5.28. The zero-order chi connectivity index (χ0) is 10.4. The third kappa shape index (κ3) is 2.77. The molecule has 0 radical (unpaired) electrons.